The number of hydrogen-bond donors (Lipinski definition) is 2. The Hall–Kier alpha value is -6.25. The molecular weight excluding hydrogens is 811 g/mol. The molecule has 20 heteroatoms. The Balaban J connectivity index is 0.000000150. The molecule has 6 aromatic rings. The minimum absolute atomic E-state index is 0.215. The summed E-state index contributed by atoms with van der Waals surface area (Å²) < 4.78 is 25.2. The van der Waals surface area contributed by atoms with Gasteiger partial charge in [-0.1, -0.05) is 0 Å². The van der Waals surface area contributed by atoms with Crippen molar-refractivity contribution in [3.63, 3.8) is 0 Å². The first kappa shape index (κ1) is 37.3. The molecule has 2 fully saturated rings. The van der Waals surface area contributed by atoms with E-state index in [0.717, 1.165) is 93.7 Å². The minimum Gasteiger partial charge on any atom is -0.378 e. The summed E-state index contributed by atoms with van der Waals surface area (Å²) in [7, 11) is 0. The summed E-state index contributed by atoms with van der Waals surface area (Å²) in [6.45, 7) is 7.03. The van der Waals surface area contributed by atoms with Gasteiger partial charge in [0.1, 0.15) is 17.5 Å². The summed E-state index contributed by atoms with van der Waals surface area (Å²) in [5, 5.41) is 0. The summed E-state index contributed by atoms with van der Waals surface area (Å²) in [5.74, 6) is 3.79. The van der Waals surface area contributed by atoms with Crippen LogP contribution in [0.15, 0.2) is 65.9 Å². The Kier molecular flexibility index (Phi) is 10.5. The maximum Gasteiger partial charge on any atom is 0.228 e. The summed E-state index contributed by atoms with van der Waals surface area (Å²) >= 11 is 3.45. The van der Waals surface area contributed by atoms with Gasteiger partial charge in [-0.2, -0.15) is 14.4 Å². The molecule has 296 valence electrons. The van der Waals surface area contributed by atoms with Crippen molar-refractivity contribution in [2.45, 2.75) is 12.8 Å². The van der Waals surface area contributed by atoms with Crippen molar-refractivity contribution in [3.05, 3.63) is 83.0 Å². The van der Waals surface area contributed by atoms with Gasteiger partial charge in [-0.25, -0.2) is 39.9 Å². The van der Waals surface area contributed by atoms with Crippen molar-refractivity contribution in [2.75, 3.05) is 96.8 Å². The molecular formula is C38H38BrFN16O2. The summed E-state index contributed by atoms with van der Waals surface area (Å²) in [6.07, 6.45) is 11.7. The Morgan fingerprint density at radius 2 is 1.07 bits per heavy atom. The molecule has 4 aliphatic rings. The van der Waals surface area contributed by atoms with Crippen LogP contribution in [0.25, 0.3) is 22.5 Å². The number of anilines is 8. The highest BCUT2D eigenvalue weighted by molar-refractivity contribution is 9.10. The number of nitrogens with two attached hydrogens (primary N) is 2. The van der Waals surface area contributed by atoms with Crippen LogP contribution < -0.4 is 31.1 Å². The zero-order valence-electron chi connectivity index (χ0n) is 31.2. The number of hydrogen-bond acceptors (Lipinski definition) is 18. The van der Waals surface area contributed by atoms with Crippen LogP contribution in [0.2, 0.25) is 0 Å². The lowest BCUT2D eigenvalue weighted by Crippen LogP contribution is -2.37. The summed E-state index contributed by atoms with van der Waals surface area (Å²) in [5.41, 5.74) is 17.4. The third kappa shape index (κ3) is 7.72. The number of nitrogen functional groups attached to an aromatic ring is 2. The van der Waals surface area contributed by atoms with Crippen molar-refractivity contribution < 1.29 is 13.9 Å². The van der Waals surface area contributed by atoms with Gasteiger partial charge in [0, 0.05) is 97.0 Å². The second-order valence-electron chi connectivity index (χ2n) is 13.7. The van der Waals surface area contributed by atoms with E-state index in [4.69, 9.17) is 40.9 Å². The lowest BCUT2D eigenvalue weighted by atomic mass is 10.1. The topological polar surface area (TPSA) is 212 Å². The first-order valence-corrected chi connectivity index (χ1v) is 19.6. The van der Waals surface area contributed by atoms with Gasteiger partial charge in [0.25, 0.3) is 0 Å². The van der Waals surface area contributed by atoms with Gasteiger partial charge < -0.3 is 40.5 Å². The number of aromatic nitrogens is 10. The van der Waals surface area contributed by atoms with Gasteiger partial charge >= 0.3 is 0 Å². The van der Waals surface area contributed by atoms with Crippen molar-refractivity contribution in [2.24, 2.45) is 0 Å². The van der Waals surface area contributed by atoms with E-state index in [1.807, 2.05) is 17.0 Å². The van der Waals surface area contributed by atoms with E-state index in [1.165, 1.54) is 12.3 Å². The average molecular weight is 850 g/mol. The predicted molar refractivity (Wildman–Crippen MR) is 219 cm³/mol. The zero-order valence-corrected chi connectivity index (χ0v) is 32.8. The van der Waals surface area contributed by atoms with Crippen LogP contribution in [0.4, 0.5) is 51.3 Å². The third-order valence-electron chi connectivity index (χ3n) is 10.1. The summed E-state index contributed by atoms with van der Waals surface area (Å²) in [4.78, 5) is 52.8. The molecule has 0 aliphatic carbocycles. The Morgan fingerprint density at radius 1 is 0.552 bits per heavy atom. The monoisotopic (exact) mass is 848 g/mol. The van der Waals surface area contributed by atoms with Crippen LogP contribution in [0, 0.1) is 5.95 Å². The van der Waals surface area contributed by atoms with E-state index in [9.17, 15) is 4.39 Å². The molecule has 0 unspecified atom stereocenters. The lowest BCUT2D eigenvalue weighted by molar-refractivity contribution is 0.122. The van der Waals surface area contributed by atoms with E-state index in [-0.39, 0.29) is 11.9 Å². The van der Waals surface area contributed by atoms with Crippen molar-refractivity contribution in [1.82, 2.24) is 49.8 Å². The molecule has 0 radical (unpaired) electrons. The standard InChI is InChI=1S/C19H19BrN8O.C19H19FN8O/c20-13-1-2-15(22-11-13)28-4-3-14-16(12-9-23-18(21)24-10-12)25-19(26-17(14)28)27-5-7-29-8-6-27;20-15-2-1-13(11-22-15)28-4-3-14-16(12-9-23-18(21)24-10-12)25-19(26-17(14)28)27-5-7-29-8-6-27/h2*1-2,9-11H,3-8H2,(H2,21,23,24). The number of nitrogens with zero attached hydrogens (tertiary/aromatic N) is 14. The van der Waals surface area contributed by atoms with Crippen LogP contribution >= 0.6 is 15.9 Å². The molecule has 10 rings (SSSR count). The number of ether oxygens (including phenoxy) is 2. The molecule has 0 aromatic carbocycles. The zero-order chi connectivity index (χ0) is 39.6. The largest absolute Gasteiger partial charge is 0.378 e. The van der Waals surface area contributed by atoms with Crippen LogP contribution in [0.5, 0.6) is 0 Å². The summed E-state index contributed by atoms with van der Waals surface area (Å²) in [6, 6.07) is 7.03. The number of morpholine rings is 2. The molecule has 0 amide bonds. The van der Waals surface area contributed by atoms with E-state index in [1.54, 1.807) is 37.1 Å². The molecule has 10 heterocycles. The van der Waals surface area contributed by atoms with Gasteiger partial charge in [-0.15, -0.1) is 0 Å². The van der Waals surface area contributed by atoms with Crippen LogP contribution in [-0.4, -0.2) is 116 Å². The van der Waals surface area contributed by atoms with Gasteiger partial charge in [-0.05, 0) is 53.0 Å². The van der Waals surface area contributed by atoms with Crippen molar-refractivity contribution in [1.29, 1.82) is 0 Å². The maximum atomic E-state index is 13.3. The normalized spacial score (nSPS) is 16.2. The fourth-order valence-corrected chi connectivity index (χ4v) is 7.46. The molecule has 0 bridgehead atoms. The molecule has 4 N–H and O–H groups in total. The highest BCUT2D eigenvalue weighted by Crippen LogP contribution is 2.40. The number of pyridine rings is 2. The Labute approximate surface area is 340 Å². The van der Waals surface area contributed by atoms with Gasteiger partial charge in [0.05, 0.1) is 49.7 Å². The van der Waals surface area contributed by atoms with E-state index in [0.29, 0.717) is 58.0 Å². The van der Waals surface area contributed by atoms with Gasteiger partial charge in [0.2, 0.25) is 29.7 Å². The Bertz CT molecular complexity index is 2210. The van der Waals surface area contributed by atoms with Crippen LogP contribution in [0.1, 0.15) is 11.1 Å². The fraction of sp³-hybridized carbons (Fsp3) is 0.316. The van der Waals surface area contributed by atoms with Crippen molar-refractivity contribution >= 4 is 62.9 Å². The van der Waals surface area contributed by atoms with Gasteiger partial charge in [-0.3, -0.25) is 0 Å². The predicted octanol–water partition coefficient (Wildman–Crippen LogP) is 3.78. The average Bonchev–Trinajstić information content (AvgIpc) is 3.90. The highest BCUT2D eigenvalue weighted by atomic mass is 79.9. The van der Waals surface area contributed by atoms with Crippen LogP contribution in [-0.2, 0) is 22.3 Å². The number of halogens is 2. The molecule has 0 atom stereocenters. The quantitative estimate of drug-likeness (QED) is 0.228. The second-order valence-corrected chi connectivity index (χ2v) is 14.6. The molecule has 4 aliphatic heterocycles. The maximum absolute atomic E-state index is 13.3. The molecule has 0 spiro atoms. The molecule has 2 saturated heterocycles. The second kappa shape index (κ2) is 16.3. The lowest BCUT2D eigenvalue weighted by Gasteiger charge is -2.28. The third-order valence-corrected chi connectivity index (χ3v) is 10.6. The number of fused-ring (bicyclic) bond motifs is 2. The van der Waals surface area contributed by atoms with E-state index >= 15 is 0 Å². The smallest absolute Gasteiger partial charge is 0.228 e. The van der Waals surface area contributed by atoms with E-state index < -0.39 is 5.95 Å². The Morgan fingerprint density at radius 3 is 1.55 bits per heavy atom. The van der Waals surface area contributed by atoms with Crippen LogP contribution in [0.3, 0.4) is 0 Å². The minimum atomic E-state index is -0.510. The molecule has 58 heavy (non-hydrogen) atoms. The van der Waals surface area contributed by atoms with E-state index in [2.05, 4.69) is 60.5 Å². The SMILES string of the molecule is Nc1ncc(-c2nc(N3CCOCC3)nc3c2CCN3c2ccc(Br)cn2)cn1.Nc1ncc(-c2nc(N3CCOCC3)nc3c2CCN3c2ccc(F)nc2)cn1. The molecule has 18 nitrogen and oxygen atoms in total. The molecule has 6 aromatic heterocycles. The van der Waals surface area contributed by atoms with Gasteiger partial charge in [0.15, 0.2) is 0 Å². The highest BCUT2D eigenvalue weighted by Gasteiger charge is 2.31. The first-order valence-electron chi connectivity index (χ1n) is 18.8. The first-order chi connectivity index (χ1) is 28.4. The number of rotatable bonds is 6. The van der Waals surface area contributed by atoms with Crippen molar-refractivity contribution in [3.8, 4) is 22.5 Å². The molecule has 0 saturated carbocycles. The fourth-order valence-electron chi connectivity index (χ4n) is 7.22.